The highest BCUT2D eigenvalue weighted by atomic mass is 16.7. The number of hydrogen-bond donors (Lipinski definition) is 0. The van der Waals surface area contributed by atoms with Gasteiger partial charge in [-0.3, -0.25) is 9.59 Å². The fourth-order valence-corrected chi connectivity index (χ4v) is 6.55. The van der Waals surface area contributed by atoms with Gasteiger partial charge in [-0.25, -0.2) is 4.79 Å². The summed E-state index contributed by atoms with van der Waals surface area (Å²) in [6.07, 6.45) is 15.2. The highest BCUT2D eigenvalue weighted by Gasteiger charge is 2.54. The number of esters is 3. The zero-order valence-electron chi connectivity index (χ0n) is 25.7. The third kappa shape index (κ3) is 9.08. The van der Waals surface area contributed by atoms with Crippen LogP contribution in [0.2, 0.25) is 0 Å². The van der Waals surface area contributed by atoms with Crippen molar-refractivity contribution >= 4 is 17.9 Å². The molecule has 6 atom stereocenters. The molecule has 0 aromatic heterocycles. The van der Waals surface area contributed by atoms with Crippen molar-refractivity contribution in [2.45, 2.75) is 127 Å². The van der Waals surface area contributed by atoms with Crippen LogP contribution in [0.25, 0.3) is 0 Å². The Kier molecular flexibility index (Phi) is 11.0. The summed E-state index contributed by atoms with van der Waals surface area (Å²) < 4.78 is 40.3. The summed E-state index contributed by atoms with van der Waals surface area (Å²) in [5, 5.41) is 0. The molecule has 0 amide bonds. The fraction of sp³-hybridized carbons (Fsp3) is 0.618. The lowest BCUT2D eigenvalue weighted by Crippen LogP contribution is -2.48. The fourth-order valence-electron chi connectivity index (χ4n) is 6.55. The van der Waals surface area contributed by atoms with Gasteiger partial charge in [-0.05, 0) is 62.3 Å². The van der Waals surface area contributed by atoms with Gasteiger partial charge in [-0.15, -0.1) is 0 Å². The standard InChI is InChI=1S/C34H44O10/c1-23(35)40-26(12-10-8-6-4-3-5-7-9-11-25-13-14-29-31(17-25)39-22-38-29)18-27-19-28(41-24(2)36)20-34(43-27)21-32-30(44-34)15-16-33(37)42-32/h5,7,13-17,26-28,30,32H,3-4,6,8-12,18-22H2,1-2H3. The van der Waals surface area contributed by atoms with Crippen LogP contribution in [0.5, 0.6) is 11.5 Å². The molecule has 4 aliphatic rings. The number of unbranched alkanes of at least 4 members (excludes halogenated alkanes) is 4. The van der Waals surface area contributed by atoms with Crippen molar-refractivity contribution in [2.75, 3.05) is 6.79 Å². The molecule has 2 saturated heterocycles. The lowest BCUT2D eigenvalue weighted by atomic mass is 9.91. The summed E-state index contributed by atoms with van der Waals surface area (Å²) in [4.78, 5) is 35.5. The van der Waals surface area contributed by atoms with Crippen molar-refractivity contribution in [1.29, 1.82) is 0 Å². The molecule has 2 fully saturated rings. The van der Waals surface area contributed by atoms with E-state index in [9.17, 15) is 14.4 Å². The van der Waals surface area contributed by atoms with Crippen LogP contribution < -0.4 is 9.47 Å². The monoisotopic (exact) mass is 612 g/mol. The van der Waals surface area contributed by atoms with Gasteiger partial charge in [0.1, 0.15) is 24.4 Å². The lowest BCUT2D eigenvalue weighted by Gasteiger charge is -2.42. The van der Waals surface area contributed by atoms with Crippen molar-refractivity contribution in [3.8, 4) is 11.5 Å². The van der Waals surface area contributed by atoms with E-state index < -0.39 is 30.1 Å². The predicted molar refractivity (Wildman–Crippen MR) is 159 cm³/mol. The van der Waals surface area contributed by atoms with E-state index in [0.29, 0.717) is 32.5 Å². The quantitative estimate of drug-likeness (QED) is 0.113. The van der Waals surface area contributed by atoms with Gasteiger partial charge in [-0.1, -0.05) is 31.1 Å². The second-order valence-corrected chi connectivity index (χ2v) is 12.1. The van der Waals surface area contributed by atoms with E-state index in [1.807, 2.05) is 6.07 Å². The van der Waals surface area contributed by atoms with Crippen LogP contribution in [0.3, 0.4) is 0 Å². The molecule has 6 unspecified atom stereocenters. The highest BCUT2D eigenvalue weighted by molar-refractivity contribution is 5.83. The number of ether oxygens (including phenoxy) is 7. The van der Waals surface area contributed by atoms with Crippen LogP contribution in [0.1, 0.15) is 90.0 Å². The summed E-state index contributed by atoms with van der Waals surface area (Å²) in [6.45, 7) is 3.10. The molecule has 0 saturated carbocycles. The summed E-state index contributed by atoms with van der Waals surface area (Å²) >= 11 is 0. The SMILES string of the molecule is CC(=O)OC(CCCCCCC=CCCc1ccc2c(c1)OCO2)CC1CC(OC(C)=O)CC2(CC3OC(=O)C=CC3O2)O1. The normalized spacial score (nSPS) is 27.7. The van der Waals surface area contributed by atoms with E-state index in [0.717, 1.165) is 62.9 Å². The topological polar surface area (TPSA) is 116 Å². The van der Waals surface area contributed by atoms with Gasteiger partial charge >= 0.3 is 17.9 Å². The minimum atomic E-state index is -1.04. The van der Waals surface area contributed by atoms with Crippen LogP contribution in [-0.2, 0) is 44.5 Å². The van der Waals surface area contributed by atoms with Crippen molar-refractivity contribution < 1.29 is 47.5 Å². The van der Waals surface area contributed by atoms with E-state index in [4.69, 9.17) is 33.2 Å². The maximum Gasteiger partial charge on any atom is 0.330 e. The van der Waals surface area contributed by atoms with E-state index in [2.05, 4.69) is 24.3 Å². The van der Waals surface area contributed by atoms with Crippen LogP contribution >= 0.6 is 0 Å². The van der Waals surface area contributed by atoms with Crippen molar-refractivity contribution in [3.05, 3.63) is 48.1 Å². The first-order valence-electron chi connectivity index (χ1n) is 15.9. The lowest BCUT2D eigenvalue weighted by molar-refractivity contribution is -0.286. The second kappa shape index (κ2) is 15.1. The second-order valence-electron chi connectivity index (χ2n) is 12.1. The minimum absolute atomic E-state index is 0.298. The van der Waals surface area contributed by atoms with Crippen molar-refractivity contribution in [3.63, 3.8) is 0 Å². The molecule has 1 aromatic rings. The average Bonchev–Trinajstić information content (AvgIpc) is 3.56. The Balaban J connectivity index is 1.03. The molecule has 240 valence electrons. The Labute approximate surface area is 259 Å². The Morgan fingerprint density at radius 3 is 2.66 bits per heavy atom. The van der Waals surface area contributed by atoms with Gasteiger partial charge in [0.2, 0.25) is 6.79 Å². The Bertz CT molecular complexity index is 1220. The third-order valence-electron chi connectivity index (χ3n) is 8.41. The molecule has 0 bridgehead atoms. The molecular formula is C34H44O10. The summed E-state index contributed by atoms with van der Waals surface area (Å²) in [5.74, 6) is -0.496. The molecule has 1 spiro atoms. The molecule has 0 aliphatic carbocycles. The van der Waals surface area contributed by atoms with Crippen molar-refractivity contribution in [1.82, 2.24) is 0 Å². The van der Waals surface area contributed by atoms with Gasteiger partial charge in [0, 0.05) is 45.6 Å². The molecule has 0 radical (unpaired) electrons. The van der Waals surface area contributed by atoms with E-state index in [1.165, 1.54) is 25.5 Å². The number of carbonyl (C=O) groups is 3. The number of hydrogen-bond acceptors (Lipinski definition) is 10. The Morgan fingerprint density at radius 2 is 1.82 bits per heavy atom. The third-order valence-corrected chi connectivity index (χ3v) is 8.41. The predicted octanol–water partition coefficient (Wildman–Crippen LogP) is 5.64. The van der Waals surface area contributed by atoms with Crippen LogP contribution in [0.15, 0.2) is 42.5 Å². The molecular weight excluding hydrogens is 568 g/mol. The summed E-state index contributed by atoms with van der Waals surface area (Å²) in [7, 11) is 0. The molecule has 1 aromatic carbocycles. The number of fused-ring (bicyclic) bond motifs is 2. The number of carbonyl (C=O) groups excluding carboxylic acids is 3. The first-order valence-corrected chi connectivity index (χ1v) is 15.9. The average molecular weight is 613 g/mol. The Hall–Kier alpha value is -3.37. The first-order chi connectivity index (χ1) is 21.3. The number of aryl methyl sites for hydroxylation is 1. The minimum Gasteiger partial charge on any atom is -0.462 e. The largest absolute Gasteiger partial charge is 0.462 e. The maximum absolute atomic E-state index is 11.9. The van der Waals surface area contributed by atoms with Crippen LogP contribution in [-0.4, -0.2) is 61.0 Å². The molecule has 0 N–H and O–H groups in total. The Morgan fingerprint density at radius 1 is 1.00 bits per heavy atom. The molecule has 44 heavy (non-hydrogen) atoms. The van der Waals surface area contributed by atoms with E-state index in [1.54, 1.807) is 6.08 Å². The number of benzene rings is 1. The van der Waals surface area contributed by atoms with Crippen molar-refractivity contribution in [2.24, 2.45) is 0 Å². The zero-order valence-corrected chi connectivity index (χ0v) is 25.7. The van der Waals surface area contributed by atoms with Gasteiger partial charge in [-0.2, -0.15) is 0 Å². The van der Waals surface area contributed by atoms with Crippen LogP contribution in [0.4, 0.5) is 0 Å². The van der Waals surface area contributed by atoms with Gasteiger partial charge in [0.25, 0.3) is 0 Å². The number of rotatable bonds is 14. The smallest absolute Gasteiger partial charge is 0.330 e. The van der Waals surface area contributed by atoms with E-state index >= 15 is 0 Å². The molecule has 10 heteroatoms. The number of allylic oxidation sites excluding steroid dienone is 2. The molecule has 4 heterocycles. The molecule has 4 aliphatic heterocycles. The van der Waals surface area contributed by atoms with Gasteiger partial charge in [0.15, 0.2) is 17.3 Å². The zero-order chi connectivity index (χ0) is 30.9. The van der Waals surface area contributed by atoms with E-state index in [-0.39, 0.29) is 24.1 Å². The first kappa shape index (κ1) is 32.0. The molecule has 5 rings (SSSR count). The maximum atomic E-state index is 11.9. The van der Waals surface area contributed by atoms with Gasteiger partial charge in [0.05, 0.1) is 6.10 Å². The van der Waals surface area contributed by atoms with Gasteiger partial charge < -0.3 is 33.2 Å². The summed E-state index contributed by atoms with van der Waals surface area (Å²) in [6, 6.07) is 6.11. The van der Waals surface area contributed by atoms with Crippen LogP contribution in [0, 0.1) is 0 Å². The summed E-state index contributed by atoms with van der Waals surface area (Å²) in [5.41, 5.74) is 1.24. The molecule has 10 nitrogen and oxygen atoms in total. The highest BCUT2D eigenvalue weighted by Crippen LogP contribution is 2.45.